The summed E-state index contributed by atoms with van der Waals surface area (Å²) in [7, 11) is 0. The third-order valence-corrected chi connectivity index (χ3v) is 4.10. The third kappa shape index (κ3) is 4.25. The molecule has 116 valence electrons. The Labute approximate surface area is 125 Å². The number of aliphatic hydroxyl groups is 1. The van der Waals surface area contributed by atoms with Gasteiger partial charge >= 0.3 is 0 Å². The molecule has 1 fully saturated rings. The molecule has 1 heterocycles. The highest BCUT2D eigenvalue weighted by Gasteiger charge is 2.33. The predicted octanol–water partition coefficient (Wildman–Crippen LogP) is 2.17. The van der Waals surface area contributed by atoms with E-state index in [0.717, 1.165) is 19.5 Å². The third-order valence-electron chi connectivity index (χ3n) is 4.10. The van der Waals surface area contributed by atoms with Gasteiger partial charge in [-0.3, -0.25) is 9.69 Å². The van der Waals surface area contributed by atoms with Gasteiger partial charge in [0.2, 0.25) is 5.91 Å². The molecule has 0 aliphatic carbocycles. The van der Waals surface area contributed by atoms with Crippen molar-refractivity contribution in [3.63, 3.8) is 0 Å². The van der Waals surface area contributed by atoms with E-state index in [1.165, 1.54) is 12.1 Å². The van der Waals surface area contributed by atoms with E-state index >= 15 is 0 Å². The Balaban J connectivity index is 1.88. The van der Waals surface area contributed by atoms with Crippen LogP contribution in [0.5, 0.6) is 0 Å². The van der Waals surface area contributed by atoms with Crippen LogP contribution >= 0.6 is 0 Å². The van der Waals surface area contributed by atoms with E-state index in [2.05, 4.69) is 5.32 Å². The number of hydrogen-bond donors (Lipinski definition) is 2. The molecule has 1 aliphatic rings. The molecule has 2 N–H and O–H groups in total. The summed E-state index contributed by atoms with van der Waals surface area (Å²) in [5, 5.41) is 12.8. The molecule has 4 nitrogen and oxygen atoms in total. The average Bonchev–Trinajstić information content (AvgIpc) is 2.81. The summed E-state index contributed by atoms with van der Waals surface area (Å²) in [4.78, 5) is 14.1. The van der Waals surface area contributed by atoms with E-state index in [1.54, 1.807) is 13.0 Å². The number of benzene rings is 1. The van der Waals surface area contributed by atoms with Gasteiger partial charge in [-0.15, -0.1) is 0 Å². The first kappa shape index (κ1) is 15.9. The molecule has 0 unspecified atom stereocenters. The van der Waals surface area contributed by atoms with Crippen LogP contribution in [0.1, 0.15) is 25.8 Å². The number of aryl methyl sites for hydroxylation is 1. The van der Waals surface area contributed by atoms with Crippen LogP contribution in [0.2, 0.25) is 0 Å². The minimum atomic E-state index is -0.710. The lowest BCUT2D eigenvalue weighted by atomic mass is 9.90. The Bertz CT molecular complexity index is 525. The fourth-order valence-electron chi connectivity index (χ4n) is 2.71. The molecule has 1 aromatic carbocycles. The Hall–Kier alpha value is -1.46. The Morgan fingerprint density at radius 3 is 2.81 bits per heavy atom. The van der Waals surface area contributed by atoms with E-state index in [4.69, 9.17) is 0 Å². The van der Waals surface area contributed by atoms with E-state index < -0.39 is 5.60 Å². The summed E-state index contributed by atoms with van der Waals surface area (Å²) in [6.07, 6.45) is 0.895. The molecule has 2 rings (SSSR count). The molecule has 0 spiro atoms. The monoisotopic (exact) mass is 294 g/mol. The van der Waals surface area contributed by atoms with Gasteiger partial charge in [-0.1, -0.05) is 0 Å². The highest BCUT2D eigenvalue weighted by Crippen LogP contribution is 2.26. The van der Waals surface area contributed by atoms with Gasteiger partial charge in [0.15, 0.2) is 0 Å². The Kier molecular flexibility index (Phi) is 4.64. The first-order chi connectivity index (χ1) is 9.75. The van der Waals surface area contributed by atoms with Crippen LogP contribution in [0.4, 0.5) is 10.1 Å². The van der Waals surface area contributed by atoms with Crippen LogP contribution in [0.3, 0.4) is 0 Å². The summed E-state index contributed by atoms with van der Waals surface area (Å²) >= 11 is 0. The second-order valence-electron chi connectivity index (χ2n) is 6.38. The maximum atomic E-state index is 13.0. The maximum absolute atomic E-state index is 13.0. The second kappa shape index (κ2) is 6.12. The zero-order valence-corrected chi connectivity index (χ0v) is 12.8. The van der Waals surface area contributed by atoms with Crippen molar-refractivity contribution >= 4 is 11.6 Å². The lowest BCUT2D eigenvalue weighted by molar-refractivity contribution is -0.117. The van der Waals surface area contributed by atoms with Gasteiger partial charge in [0, 0.05) is 18.2 Å². The van der Waals surface area contributed by atoms with Crippen molar-refractivity contribution in [3.05, 3.63) is 29.6 Å². The highest BCUT2D eigenvalue weighted by molar-refractivity contribution is 5.92. The van der Waals surface area contributed by atoms with Gasteiger partial charge < -0.3 is 10.4 Å². The van der Waals surface area contributed by atoms with Crippen molar-refractivity contribution in [2.75, 3.05) is 25.0 Å². The van der Waals surface area contributed by atoms with E-state index in [1.807, 2.05) is 18.7 Å². The summed E-state index contributed by atoms with van der Waals surface area (Å²) < 4.78 is 13.0. The topological polar surface area (TPSA) is 52.6 Å². The molecule has 21 heavy (non-hydrogen) atoms. The summed E-state index contributed by atoms with van der Waals surface area (Å²) in [6, 6.07) is 4.31. The fourth-order valence-corrected chi connectivity index (χ4v) is 2.71. The number of anilines is 1. The van der Waals surface area contributed by atoms with Crippen molar-refractivity contribution in [3.8, 4) is 0 Å². The number of carbonyl (C=O) groups is 1. The van der Waals surface area contributed by atoms with E-state index in [9.17, 15) is 14.3 Å². The molecule has 0 radical (unpaired) electrons. The molecule has 5 heteroatoms. The van der Waals surface area contributed by atoms with Crippen LogP contribution in [0.15, 0.2) is 18.2 Å². The van der Waals surface area contributed by atoms with Gasteiger partial charge in [0.25, 0.3) is 0 Å². The second-order valence-corrected chi connectivity index (χ2v) is 6.38. The fraction of sp³-hybridized carbons (Fsp3) is 0.562. The summed E-state index contributed by atoms with van der Waals surface area (Å²) in [6.45, 7) is 7.21. The van der Waals surface area contributed by atoms with Gasteiger partial charge in [0.05, 0.1) is 12.1 Å². The van der Waals surface area contributed by atoms with Crippen molar-refractivity contribution in [2.45, 2.75) is 32.8 Å². The number of amides is 1. The quantitative estimate of drug-likeness (QED) is 0.895. The molecule has 1 saturated heterocycles. The lowest BCUT2D eigenvalue weighted by Gasteiger charge is -2.25. The average molecular weight is 294 g/mol. The van der Waals surface area contributed by atoms with Crippen LogP contribution in [0, 0.1) is 18.7 Å². The summed E-state index contributed by atoms with van der Waals surface area (Å²) in [5.41, 5.74) is 0.637. The molecular weight excluding hydrogens is 271 g/mol. The molecular formula is C16H23FN2O2. The van der Waals surface area contributed by atoms with Gasteiger partial charge in [0.1, 0.15) is 5.82 Å². The smallest absolute Gasteiger partial charge is 0.238 e. The van der Waals surface area contributed by atoms with Crippen LogP contribution in [-0.4, -0.2) is 41.1 Å². The number of nitrogens with one attached hydrogen (secondary N) is 1. The lowest BCUT2D eigenvalue weighted by Crippen LogP contribution is -2.36. The molecule has 1 atom stereocenters. The van der Waals surface area contributed by atoms with Crippen molar-refractivity contribution in [1.82, 2.24) is 4.90 Å². The first-order valence-electron chi connectivity index (χ1n) is 7.26. The largest absolute Gasteiger partial charge is 0.390 e. The Morgan fingerprint density at radius 2 is 2.24 bits per heavy atom. The number of hydrogen-bond acceptors (Lipinski definition) is 3. The van der Waals surface area contributed by atoms with Crippen molar-refractivity contribution in [2.24, 2.45) is 5.92 Å². The number of halogens is 1. The maximum Gasteiger partial charge on any atom is 0.238 e. The number of carbonyl (C=O) groups excluding carboxylic acids is 1. The zero-order chi connectivity index (χ0) is 15.6. The van der Waals surface area contributed by atoms with Gasteiger partial charge in [-0.25, -0.2) is 4.39 Å². The van der Waals surface area contributed by atoms with Crippen LogP contribution in [0.25, 0.3) is 0 Å². The molecule has 1 amide bonds. The highest BCUT2D eigenvalue weighted by atomic mass is 19.1. The zero-order valence-electron chi connectivity index (χ0n) is 12.8. The first-order valence-corrected chi connectivity index (χ1v) is 7.26. The molecule has 1 aliphatic heterocycles. The van der Waals surface area contributed by atoms with E-state index in [0.29, 0.717) is 17.8 Å². The van der Waals surface area contributed by atoms with Crippen molar-refractivity contribution < 1.29 is 14.3 Å². The minimum absolute atomic E-state index is 0.110. The Morgan fingerprint density at radius 1 is 1.52 bits per heavy atom. The molecule has 0 bridgehead atoms. The SMILES string of the molecule is Cc1cc(F)ccc1NC(=O)CN1CC[C@H](C(C)(C)O)C1. The van der Waals surface area contributed by atoms with Gasteiger partial charge in [-0.2, -0.15) is 0 Å². The molecule has 0 aromatic heterocycles. The van der Waals surface area contributed by atoms with Crippen molar-refractivity contribution in [1.29, 1.82) is 0 Å². The van der Waals surface area contributed by atoms with Crippen LogP contribution in [-0.2, 0) is 4.79 Å². The minimum Gasteiger partial charge on any atom is -0.390 e. The number of nitrogens with zero attached hydrogens (tertiary/aromatic N) is 1. The molecule has 0 saturated carbocycles. The number of rotatable bonds is 4. The van der Waals surface area contributed by atoms with Crippen LogP contribution < -0.4 is 5.32 Å². The number of likely N-dealkylation sites (tertiary alicyclic amines) is 1. The van der Waals surface area contributed by atoms with Gasteiger partial charge in [-0.05, 0) is 57.5 Å². The standard InChI is InChI=1S/C16H23FN2O2/c1-11-8-13(17)4-5-14(11)18-15(20)10-19-7-6-12(9-19)16(2,3)21/h4-5,8,12,21H,6-7,9-10H2,1-3H3,(H,18,20)/t12-/m0/s1. The predicted molar refractivity (Wildman–Crippen MR) is 80.6 cm³/mol. The summed E-state index contributed by atoms with van der Waals surface area (Å²) in [5.74, 6) is -0.225. The molecule has 1 aromatic rings. The normalized spacial score (nSPS) is 19.8. The van der Waals surface area contributed by atoms with E-state index in [-0.39, 0.29) is 17.6 Å².